The largest absolute Gasteiger partial charge is 0.493 e. The molecule has 3 rings (SSSR count). The van der Waals surface area contributed by atoms with Gasteiger partial charge in [-0.3, -0.25) is 0 Å². The Morgan fingerprint density at radius 1 is 0.962 bits per heavy atom. The van der Waals surface area contributed by atoms with Crippen molar-refractivity contribution >= 4 is 5.82 Å². The number of benzene rings is 1. The molecule has 8 heteroatoms. The molecule has 1 aromatic heterocycles. The van der Waals surface area contributed by atoms with Crippen molar-refractivity contribution in [2.75, 3.05) is 58.5 Å². The third-order valence-corrected chi connectivity index (χ3v) is 4.01. The van der Waals surface area contributed by atoms with Gasteiger partial charge >= 0.3 is 0 Å². The second kappa shape index (κ2) is 9.10. The molecule has 26 heavy (non-hydrogen) atoms. The van der Waals surface area contributed by atoms with Crippen LogP contribution in [-0.2, 0) is 0 Å². The van der Waals surface area contributed by atoms with Crippen molar-refractivity contribution in [1.29, 1.82) is 0 Å². The summed E-state index contributed by atoms with van der Waals surface area (Å²) >= 11 is 0. The lowest BCUT2D eigenvalue weighted by Gasteiger charge is -2.28. The van der Waals surface area contributed by atoms with Crippen molar-refractivity contribution < 1.29 is 18.9 Å². The molecule has 1 aliphatic rings. The van der Waals surface area contributed by atoms with Crippen molar-refractivity contribution in [2.45, 2.75) is 0 Å². The van der Waals surface area contributed by atoms with E-state index in [1.54, 1.807) is 26.6 Å². The molecule has 0 aliphatic carbocycles. The fraction of sp³-hybridized carbons (Fsp3) is 0.444. The van der Waals surface area contributed by atoms with Crippen molar-refractivity contribution in [2.24, 2.45) is 0 Å². The van der Waals surface area contributed by atoms with E-state index < -0.39 is 0 Å². The minimum absolute atomic E-state index is 0.345. The summed E-state index contributed by atoms with van der Waals surface area (Å²) in [6, 6.07) is 5.50. The number of hydrogen-bond acceptors (Lipinski definition) is 8. The molecule has 1 aromatic carbocycles. The van der Waals surface area contributed by atoms with Gasteiger partial charge in [-0.1, -0.05) is 6.07 Å². The normalized spacial score (nSPS) is 14.0. The molecule has 0 atom stereocenters. The molecule has 0 bridgehead atoms. The van der Waals surface area contributed by atoms with Gasteiger partial charge < -0.3 is 29.2 Å². The summed E-state index contributed by atoms with van der Waals surface area (Å²) in [7, 11) is 3.18. The molecule has 8 nitrogen and oxygen atoms in total. The summed E-state index contributed by atoms with van der Waals surface area (Å²) in [6.45, 7) is 4.31. The molecular formula is C18H24N4O4. The van der Waals surface area contributed by atoms with Gasteiger partial charge in [0.05, 0.1) is 14.2 Å². The molecule has 1 saturated heterocycles. The van der Waals surface area contributed by atoms with E-state index in [-0.39, 0.29) is 0 Å². The first-order valence-corrected chi connectivity index (χ1v) is 8.56. The number of para-hydroxylation sites is 1. The predicted molar refractivity (Wildman–Crippen MR) is 97.7 cm³/mol. The number of nitrogens with zero attached hydrogens (tertiary/aromatic N) is 3. The van der Waals surface area contributed by atoms with E-state index in [4.69, 9.17) is 18.9 Å². The average molecular weight is 360 g/mol. The van der Waals surface area contributed by atoms with E-state index in [9.17, 15) is 0 Å². The molecule has 0 saturated carbocycles. The minimum atomic E-state index is 0.345. The number of aromatic nitrogens is 2. The number of methoxy groups -OCH3 is 2. The lowest BCUT2D eigenvalue weighted by atomic mass is 10.3. The topological polar surface area (TPSA) is 78.0 Å². The first kappa shape index (κ1) is 18.1. The summed E-state index contributed by atoms with van der Waals surface area (Å²) < 4.78 is 22.2. The molecule has 2 aromatic rings. The van der Waals surface area contributed by atoms with Gasteiger partial charge in [0.25, 0.3) is 5.88 Å². The van der Waals surface area contributed by atoms with Crippen molar-refractivity contribution in [3.05, 3.63) is 30.6 Å². The van der Waals surface area contributed by atoms with Crippen LogP contribution in [0.3, 0.4) is 0 Å². The molecule has 0 spiro atoms. The van der Waals surface area contributed by atoms with E-state index in [0.717, 1.165) is 32.0 Å². The van der Waals surface area contributed by atoms with Crippen LogP contribution in [0.4, 0.5) is 5.82 Å². The van der Waals surface area contributed by atoms with Gasteiger partial charge in [0.15, 0.2) is 17.3 Å². The Hall–Kier alpha value is -2.74. The number of rotatable bonds is 8. The van der Waals surface area contributed by atoms with E-state index in [1.165, 1.54) is 0 Å². The maximum absolute atomic E-state index is 5.81. The van der Waals surface area contributed by atoms with Crippen molar-refractivity contribution in [3.63, 3.8) is 0 Å². The Kier molecular flexibility index (Phi) is 6.32. The molecule has 1 N–H and O–H groups in total. The second-order valence-electron chi connectivity index (χ2n) is 5.61. The number of anilines is 1. The van der Waals surface area contributed by atoms with E-state index >= 15 is 0 Å². The Labute approximate surface area is 153 Å². The van der Waals surface area contributed by atoms with Crippen molar-refractivity contribution in [1.82, 2.24) is 15.3 Å². The SMILES string of the molecule is COc1cccc(OCCOc2nccnc2N2CCNCC2)c1OC. The van der Waals surface area contributed by atoms with Gasteiger partial charge in [-0.2, -0.15) is 0 Å². The van der Waals surface area contributed by atoms with Gasteiger partial charge in [-0.25, -0.2) is 9.97 Å². The van der Waals surface area contributed by atoms with Crippen LogP contribution >= 0.6 is 0 Å². The number of piperazine rings is 1. The average Bonchev–Trinajstić information content (AvgIpc) is 2.71. The van der Waals surface area contributed by atoms with E-state index in [0.29, 0.717) is 36.3 Å². The summed E-state index contributed by atoms with van der Waals surface area (Å²) in [5.41, 5.74) is 0. The Morgan fingerprint density at radius 2 is 1.69 bits per heavy atom. The fourth-order valence-corrected chi connectivity index (χ4v) is 2.77. The van der Waals surface area contributed by atoms with E-state index in [2.05, 4.69) is 20.2 Å². The molecule has 0 radical (unpaired) electrons. The van der Waals surface area contributed by atoms with Crippen LogP contribution in [0, 0.1) is 0 Å². The molecule has 2 heterocycles. The molecular weight excluding hydrogens is 336 g/mol. The van der Waals surface area contributed by atoms with Crippen LogP contribution in [0.5, 0.6) is 23.1 Å². The third-order valence-electron chi connectivity index (χ3n) is 4.01. The Balaban J connectivity index is 1.58. The quantitative estimate of drug-likeness (QED) is 0.707. The first-order valence-electron chi connectivity index (χ1n) is 8.56. The molecule has 0 unspecified atom stereocenters. The van der Waals surface area contributed by atoms with Gasteiger partial charge in [0.1, 0.15) is 13.2 Å². The lowest BCUT2D eigenvalue weighted by molar-refractivity contribution is 0.205. The summed E-state index contributed by atoms with van der Waals surface area (Å²) in [5.74, 6) is 3.09. The van der Waals surface area contributed by atoms with Crippen LogP contribution in [0.25, 0.3) is 0 Å². The highest BCUT2D eigenvalue weighted by Gasteiger charge is 2.17. The number of ether oxygens (including phenoxy) is 4. The van der Waals surface area contributed by atoms with Crippen molar-refractivity contribution in [3.8, 4) is 23.1 Å². The number of nitrogens with one attached hydrogen (secondary N) is 1. The second-order valence-corrected chi connectivity index (χ2v) is 5.61. The molecule has 140 valence electrons. The Morgan fingerprint density at radius 3 is 2.46 bits per heavy atom. The zero-order valence-electron chi connectivity index (χ0n) is 15.1. The molecule has 1 fully saturated rings. The molecule has 0 amide bonds. The highest BCUT2D eigenvalue weighted by Crippen LogP contribution is 2.36. The zero-order valence-corrected chi connectivity index (χ0v) is 15.1. The zero-order chi connectivity index (χ0) is 18.2. The van der Waals surface area contributed by atoms with Crippen LogP contribution < -0.4 is 29.2 Å². The maximum atomic E-state index is 5.81. The van der Waals surface area contributed by atoms with Crippen LogP contribution in [-0.4, -0.2) is 63.6 Å². The maximum Gasteiger partial charge on any atom is 0.257 e. The smallest absolute Gasteiger partial charge is 0.257 e. The third kappa shape index (κ3) is 4.26. The highest BCUT2D eigenvalue weighted by atomic mass is 16.6. The monoisotopic (exact) mass is 360 g/mol. The highest BCUT2D eigenvalue weighted by molar-refractivity contribution is 5.51. The lowest BCUT2D eigenvalue weighted by Crippen LogP contribution is -2.44. The minimum Gasteiger partial charge on any atom is -0.493 e. The fourth-order valence-electron chi connectivity index (χ4n) is 2.77. The van der Waals surface area contributed by atoms with E-state index in [1.807, 2.05) is 18.2 Å². The van der Waals surface area contributed by atoms with Gasteiger partial charge in [-0.15, -0.1) is 0 Å². The van der Waals surface area contributed by atoms with Gasteiger partial charge in [0.2, 0.25) is 5.75 Å². The standard InChI is InChI=1S/C18H24N4O4/c1-23-14-4-3-5-15(16(14)24-2)25-12-13-26-18-17(20-6-7-21-18)22-10-8-19-9-11-22/h3-7,19H,8-13H2,1-2H3. The van der Waals surface area contributed by atoms with Crippen LogP contribution in [0.15, 0.2) is 30.6 Å². The summed E-state index contributed by atoms with van der Waals surface area (Å²) in [6.07, 6.45) is 3.31. The Bertz CT molecular complexity index is 707. The van der Waals surface area contributed by atoms with Gasteiger partial charge in [0, 0.05) is 38.6 Å². The first-order chi connectivity index (χ1) is 12.8. The van der Waals surface area contributed by atoms with Crippen LogP contribution in [0.1, 0.15) is 0 Å². The van der Waals surface area contributed by atoms with Gasteiger partial charge in [-0.05, 0) is 12.1 Å². The van der Waals surface area contributed by atoms with Crippen LogP contribution in [0.2, 0.25) is 0 Å². The predicted octanol–water partition coefficient (Wildman–Crippen LogP) is 1.36. The number of hydrogen-bond donors (Lipinski definition) is 1. The molecule has 1 aliphatic heterocycles. The summed E-state index contributed by atoms with van der Waals surface area (Å²) in [5, 5.41) is 3.32. The summed E-state index contributed by atoms with van der Waals surface area (Å²) in [4.78, 5) is 10.9.